The number of aromatic nitrogens is 2. The molecule has 28 heavy (non-hydrogen) atoms. The molecule has 1 aromatic carbocycles. The standard InChI is InChI=1S/C19H17ClN6OS/c1-10(2)18-24-26-16(21)14(17(27)22-19(26)28-18)9-13-11(3)23-25(15(13)20)12-7-5-4-6-8-12/h4-10,21H,1-3H3/b14-9-,21-16?. The Balaban J connectivity index is 1.75. The Morgan fingerprint density at radius 3 is 2.64 bits per heavy atom. The molecule has 0 aliphatic carbocycles. The highest BCUT2D eigenvalue weighted by Crippen LogP contribution is 2.32. The zero-order chi connectivity index (χ0) is 20.0. The summed E-state index contributed by atoms with van der Waals surface area (Å²) in [4.78, 5) is 16.7. The Labute approximate surface area is 171 Å². The molecule has 2 aromatic rings. The third kappa shape index (κ3) is 3.08. The van der Waals surface area contributed by atoms with Crippen LogP contribution in [0.4, 0.5) is 0 Å². The van der Waals surface area contributed by atoms with E-state index in [1.54, 1.807) is 10.8 Å². The summed E-state index contributed by atoms with van der Waals surface area (Å²) in [5.41, 5.74) is 2.18. The second-order valence-corrected chi connectivity index (χ2v) is 8.00. The molecule has 0 radical (unpaired) electrons. The van der Waals surface area contributed by atoms with Gasteiger partial charge in [0.05, 0.1) is 17.0 Å². The van der Waals surface area contributed by atoms with E-state index in [2.05, 4.69) is 15.2 Å². The number of fused-ring (bicyclic) bond motifs is 1. The van der Waals surface area contributed by atoms with Gasteiger partial charge in [-0.2, -0.15) is 20.2 Å². The largest absolute Gasteiger partial charge is 0.283 e. The summed E-state index contributed by atoms with van der Waals surface area (Å²) in [6, 6.07) is 9.49. The van der Waals surface area contributed by atoms with E-state index >= 15 is 0 Å². The smallest absolute Gasteiger partial charge is 0.282 e. The van der Waals surface area contributed by atoms with Crippen molar-refractivity contribution in [1.29, 1.82) is 5.41 Å². The summed E-state index contributed by atoms with van der Waals surface area (Å²) in [5.74, 6) is -0.303. The summed E-state index contributed by atoms with van der Waals surface area (Å²) in [6.07, 6.45) is 1.57. The van der Waals surface area contributed by atoms with Crippen molar-refractivity contribution in [2.45, 2.75) is 20.8 Å². The Hall–Kier alpha value is -2.71. The maximum atomic E-state index is 12.6. The van der Waals surface area contributed by atoms with Gasteiger partial charge in [-0.1, -0.05) is 43.6 Å². The Kier molecular flexibility index (Phi) is 4.68. The van der Waals surface area contributed by atoms with Crippen molar-refractivity contribution in [2.24, 2.45) is 16.0 Å². The van der Waals surface area contributed by atoms with Gasteiger partial charge in [0.15, 0.2) is 5.84 Å². The van der Waals surface area contributed by atoms with E-state index in [4.69, 9.17) is 17.0 Å². The fraction of sp³-hybridized carbons (Fsp3) is 0.211. The number of carbonyl (C=O) groups excluding carboxylic acids is 1. The molecule has 0 unspecified atom stereocenters. The highest BCUT2D eigenvalue weighted by Gasteiger charge is 2.36. The van der Waals surface area contributed by atoms with E-state index in [0.717, 1.165) is 10.7 Å². The number of hydrogen-bond donors (Lipinski definition) is 1. The summed E-state index contributed by atoms with van der Waals surface area (Å²) >= 11 is 7.87. The van der Waals surface area contributed by atoms with Crippen molar-refractivity contribution in [3.63, 3.8) is 0 Å². The van der Waals surface area contributed by atoms with Gasteiger partial charge < -0.3 is 0 Å². The molecule has 2 aliphatic rings. The molecule has 1 N–H and O–H groups in total. The molecule has 0 saturated heterocycles. The predicted octanol–water partition coefficient (Wildman–Crippen LogP) is 4.11. The van der Waals surface area contributed by atoms with Gasteiger partial charge >= 0.3 is 0 Å². The van der Waals surface area contributed by atoms with Crippen LogP contribution in [0.5, 0.6) is 0 Å². The second-order valence-electron chi connectivity index (χ2n) is 6.65. The van der Waals surface area contributed by atoms with Crippen molar-refractivity contribution in [3.8, 4) is 5.69 Å². The van der Waals surface area contributed by atoms with Gasteiger partial charge in [-0.15, -0.1) is 0 Å². The number of benzene rings is 1. The molecule has 0 spiro atoms. The number of amides is 1. The van der Waals surface area contributed by atoms with Crippen molar-refractivity contribution < 1.29 is 4.79 Å². The lowest BCUT2D eigenvalue weighted by atomic mass is 10.1. The first kappa shape index (κ1) is 18.6. The van der Waals surface area contributed by atoms with Crippen LogP contribution < -0.4 is 0 Å². The first-order valence-corrected chi connectivity index (χ1v) is 9.87. The van der Waals surface area contributed by atoms with Gasteiger partial charge in [0.25, 0.3) is 5.91 Å². The Morgan fingerprint density at radius 1 is 1.25 bits per heavy atom. The Morgan fingerprint density at radius 2 is 1.96 bits per heavy atom. The van der Waals surface area contributed by atoms with E-state index in [9.17, 15) is 4.79 Å². The number of para-hydroxylation sites is 1. The minimum absolute atomic E-state index is 0.0129. The number of hydrazone groups is 1. The minimum atomic E-state index is -0.480. The third-order valence-electron chi connectivity index (χ3n) is 4.30. The molecule has 1 amide bonds. The maximum absolute atomic E-state index is 12.6. The van der Waals surface area contributed by atoms with E-state index < -0.39 is 5.91 Å². The number of amidine groups is 2. The molecule has 0 saturated carbocycles. The Bertz CT molecular complexity index is 1080. The van der Waals surface area contributed by atoms with E-state index in [1.807, 2.05) is 51.1 Å². The molecule has 7 nitrogen and oxygen atoms in total. The number of rotatable bonds is 3. The number of carbonyl (C=O) groups is 1. The predicted molar refractivity (Wildman–Crippen MR) is 113 cm³/mol. The maximum Gasteiger partial charge on any atom is 0.283 e. The summed E-state index contributed by atoms with van der Waals surface area (Å²) in [6.45, 7) is 5.83. The van der Waals surface area contributed by atoms with E-state index in [0.29, 0.717) is 21.6 Å². The van der Waals surface area contributed by atoms with Crippen LogP contribution in [0.25, 0.3) is 11.8 Å². The second kappa shape index (κ2) is 7.03. The number of hydrogen-bond acceptors (Lipinski definition) is 5. The van der Waals surface area contributed by atoms with Crippen molar-refractivity contribution in [3.05, 3.63) is 52.3 Å². The normalized spacial score (nSPS) is 18.0. The number of aliphatic imine (C=N–C) groups is 1. The van der Waals surface area contributed by atoms with Gasteiger partial charge in [-0.25, -0.2) is 4.68 Å². The highest BCUT2D eigenvalue weighted by molar-refractivity contribution is 8.27. The van der Waals surface area contributed by atoms with Crippen LogP contribution in [0.3, 0.4) is 0 Å². The van der Waals surface area contributed by atoms with Crippen LogP contribution in [0.2, 0.25) is 5.15 Å². The number of nitrogens with zero attached hydrogens (tertiary/aromatic N) is 5. The van der Waals surface area contributed by atoms with Crippen LogP contribution in [-0.4, -0.2) is 36.7 Å². The molecule has 4 rings (SSSR count). The third-order valence-corrected chi connectivity index (χ3v) is 5.87. The molecule has 0 atom stereocenters. The molecule has 142 valence electrons. The molecule has 1 aromatic heterocycles. The van der Waals surface area contributed by atoms with Crippen LogP contribution in [0, 0.1) is 18.3 Å². The fourth-order valence-electron chi connectivity index (χ4n) is 2.80. The number of aryl methyl sites for hydroxylation is 1. The molecule has 2 aliphatic heterocycles. The van der Waals surface area contributed by atoms with E-state index in [-0.39, 0.29) is 17.3 Å². The molecule has 0 bridgehead atoms. The first-order valence-electron chi connectivity index (χ1n) is 8.67. The van der Waals surface area contributed by atoms with Crippen LogP contribution in [0.1, 0.15) is 25.1 Å². The lowest BCUT2D eigenvalue weighted by Crippen LogP contribution is -2.35. The van der Waals surface area contributed by atoms with Gasteiger partial charge in [-0.05, 0) is 36.9 Å². The van der Waals surface area contributed by atoms with Crippen LogP contribution >= 0.6 is 23.4 Å². The summed E-state index contributed by atoms with van der Waals surface area (Å²) < 4.78 is 1.61. The molecular weight excluding hydrogens is 396 g/mol. The van der Waals surface area contributed by atoms with Gasteiger partial charge in [0.2, 0.25) is 5.17 Å². The zero-order valence-electron chi connectivity index (χ0n) is 15.5. The first-order chi connectivity index (χ1) is 13.4. The molecular formula is C19H17ClN6OS. The summed E-state index contributed by atoms with van der Waals surface area (Å²) in [7, 11) is 0. The van der Waals surface area contributed by atoms with Gasteiger partial charge in [-0.3, -0.25) is 10.2 Å². The topological polar surface area (TPSA) is 86.7 Å². The van der Waals surface area contributed by atoms with Crippen molar-refractivity contribution in [2.75, 3.05) is 0 Å². The molecule has 3 heterocycles. The van der Waals surface area contributed by atoms with Crippen LogP contribution in [0.15, 0.2) is 46.0 Å². The van der Waals surface area contributed by atoms with Crippen molar-refractivity contribution in [1.82, 2.24) is 14.8 Å². The van der Waals surface area contributed by atoms with E-state index in [1.165, 1.54) is 16.8 Å². The quantitative estimate of drug-likeness (QED) is 0.768. The average molecular weight is 413 g/mol. The monoisotopic (exact) mass is 412 g/mol. The van der Waals surface area contributed by atoms with Gasteiger partial charge in [0.1, 0.15) is 10.2 Å². The number of nitrogens with one attached hydrogen (secondary N) is 1. The van der Waals surface area contributed by atoms with Gasteiger partial charge in [0, 0.05) is 11.5 Å². The summed E-state index contributed by atoms with van der Waals surface area (Å²) in [5, 5.41) is 20.4. The molecule has 9 heteroatoms. The molecule has 0 fully saturated rings. The number of thioether (sulfide) groups is 1. The SMILES string of the molecule is Cc1nn(-c2ccccc2)c(Cl)c1/C=C1/C(=N)N2N=C(C(C)C)SC2=NC1=O. The minimum Gasteiger partial charge on any atom is -0.282 e. The number of halogens is 1. The fourth-order valence-corrected chi connectivity index (χ4v) is 4.02. The zero-order valence-corrected chi connectivity index (χ0v) is 17.0. The highest BCUT2D eigenvalue weighted by atomic mass is 35.5. The van der Waals surface area contributed by atoms with Crippen molar-refractivity contribution >= 4 is 51.4 Å². The van der Waals surface area contributed by atoms with Crippen LogP contribution in [-0.2, 0) is 4.79 Å². The average Bonchev–Trinajstić information content (AvgIpc) is 3.21. The lowest BCUT2D eigenvalue weighted by molar-refractivity contribution is -0.114. The lowest BCUT2D eigenvalue weighted by Gasteiger charge is -2.20.